The number of nitrogens with one attached hydrogen (secondary N) is 1. The summed E-state index contributed by atoms with van der Waals surface area (Å²) in [6, 6.07) is 9.86. The fourth-order valence-corrected chi connectivity index (χ4v) is 4.23. The average Bonchev–Trinajstić information content (AvgIpc) is 3.62. The molecule has 1 fully saturated rings. The van der Waals surface area contributed by atoms with Crippen LogP contribution in [0.25, 0.3) is 10.8 Å². The van der Waals surface area contributed by atoms with Gasteiger partial charge in [-0.2, -0.15) is 13.2 Å². The van der Waals surface area contributed by atoms with Crippen molar-refractivity contribution in [2.75, 3.05) is 0 Å². The number of carboxylic acids is 1. The van der Waals surface area contributed by atoms with Crippen LogP contribution in [0.1, 0.15) is 28.8 Å². The summed E-state index contributed by atoms with van der Waals surface area (Å²) in [6.45, 7) is -0.257. The van der Waals surface area contributed by atoms with E-state index >= 15 is 0 Å². The summed E-state index contributed by atoms with van der Waals surface area (Å²) in [7, 11) is 0. The molecule has 3 aromatic rings. The summed E-state index contributed by atoms with van der Waals surface area (Å²) in [5.41, 5.74) is -2.45. The largest absolute Gasteiger partial charge is 0.573 e. The number of rotatable bonds is 8. The van der Waals surface area contributed by atoms with Crippen molar-refractivity contribution >= 4 is 34.2 Å². The standard InChI is InChI=1S/C25H18ClF6NO5/c26-15-5-3-14-4-8-17(21(34)33-20(22(35)36)23(9-10-23)24(27,28)29)19(18(14)11-15)37-12-13-1-6-16(7-2-13)38-25(30,31)32/h1-8,11,20H,9-10,12H2,(H,33,34)(H,35,36)/t20-/m1/s1. The number of benzene rings is 3. The first kappa shape index (κ1) is 27.4. The molecule has 1 saturated carbocycles. The van der Waals surface area contributed by atoms with Gasteiger partial charge in [0.25, 0.3) is 5.91 Å². The molecule has 1 amide bonds. The zero-order valence-electron chi connectivity index (χ0n) is 19.1. The Morgan fingerprint density at radius 1 is 1.00 bits per heavy atom. The third-order valence-electron chi connectivity index (χ3n) is 6.15. The number of fused-ring (bicyclic) bond motifs is 1. The minimum absolute atomic E-state index is 0.0980. The molecule has 6 nitrogen and oxygen atoms in total. The average molecular weight is 562 g/mol. The Labute approximate surface area is 216 Å². The zero-order chi connectivity index (χ0) is 27.9. The number of carbonyl (C=O) groups is 2. The van der Waals surface area contributed by atoms with Crippen LogP contribution in [0, 0.1) is 5.41 Å². The molecule has 202 valence electrons. The third-order valence-corrected chi connectivity index (χ3v) is 6.38. The van der Waals surface area contributed by atoms with Gasteiger partial charge in [-0.3, -0.25) is 4.79 Å². The van der Waals surface area contributed by atoms with Crippen LogP contribution in [-0.2, 0) is 11.4 Å². The maximum Gasteiger partial charge on any atom is 0.573 e. The van der Waals surface area contributed by atoms with E-state index in [-0.39, 0.29) is 22.9 Å². The Morgan fingerprint density at radius 3 is 2.18 bits per heavy atom. The molecule has 0 unspecified atom stereocenters. The van der Waals surface area contributed by atoms with Gasteiger partial charge in [-0.05, 0) is 54.1 Å². The number of ether oxygens (including phenoxy) is 2. The van der Waals surface area contributed by atoms with Crippen molar-refractivity contribution in [3.8, 4) is 11.5 Å². The summed E-state index contributed by atoms with van der Waals surface area (Å²) in [5.74, 6) is -3.50. The number of hydrogen-bond acceptors (Lipinski definition) is 4. The molecule has 2 N–H and O–H groups in total. The normalized spacial score (nSPS) is 15.6. The highest BCUT2D eigenvalue weighted by molar-refractivity contribution is 6.31. The van der Waals surface area contributed by atoms with Gasteiger partial charge in [0.15, 0.2) is 0 Å². The van der Waals surface area contributed by atoms with Gasteiger partial charge in [0, 0.05) is 10.4 Å². The molecule has 0 spiro atoms. The first-order chi connectivity index (χ1) is 17.7. The lowest BCUT2D eigenvalue weighted by atomic mass is 9.95. The predicted octanol–water partition coefficient (Wildman–Crippen LogP) is 6.50. The quantitative estimate of drug-likeness (QED) is 0.307. The molecule has 1 atom stereocenters. The second kappa shape index (κ2) is 9.90. The van der Waals surface area contributed by atoms with Crippen LogP contribution in [0.2, 0.25) is 5.02 Å². The number of carboxylic acid groups (broad SMARTS) is 1. The van der Waals surface area contributed by atoms with Crippen molar-refractivity contribution in [2.24, 2.45) is 5.41 Å². The molecular weight excluding hydrogens is 544 g/mol. The highest BCUT2D eigenvalue weighted by Crippen LogP contribution is 2.60. The summed E-state index contributed by atoms with van der Waals surface area (Å²) in [6.07, 6.45) is -10.6. The lowest BCUT2D eigenvalue weighted by Gasteiger charge is -2.27. The van der Waals surface area contributed by atoms with Crippen LogP contribution in [0.4, 0.5) is 26.3 Å². The molecule has 0 saturated heterocycles. The van der Waals surface area contributed by atoms with Crippen molar-refractivity contribution in [3.05, 3.63) is 70.7 Å². The van der Waals surface area contributed by atoms with Crippen LogP contribution in [0.15, 0.2) is 54.6 Å². The molecule has 3 aromatic carbocycles. The topological polar surface area (TPSA) is 84.9 Å². The predicted molar refractivity (Wildman–Crippen MR) is 123 cm³/mol. The second-order valence-electron chi connectivity index (χ2n) is 8.69. The number of amides is 1. The maximum absolute atomic E-state index is 13.6. The van der Waals surface area contributed by atoms with Gasteiger partial charge in [0.1, 0.15) is 24.1 Å². The number of carbonyl (C=O) groups excluding carboxylic acids is 1. The Hall–Kier alpha value is -3.67. The van der Waals surface area contributed by atoms with Crippen LogP contribution in [-0.4, -0.2) is 35.6 Å². The Balaban J connectivity index is 1.64. The fourth-order valence-electron chi connectivity index (χ4n) is 4.06. The highest BCUT2D eigenvalue weighted by atomic mass is 35.5. The van der Waals surface area contributed by atoms with Gasteiger partial charge in [-0.1, -0.05) is 35.9 Å². The van der Waals surface area contributed by atoms with Gasteiger partial charge in [0.05, 0.1) is 11.0 Å². The summed E-state index contributed by atoms with van der Waals surface area (Å²) < 4.78 is 87.6. The first-order valence-electron chi connectivity index (χ1n) is 11.0. The van der Waals surface area contributed by atoms with Crippen LogP contribution < -0.4 is 14.8 Å². The van der Waals surface area contributed by atoms with Crippen LogP contribution in [0.3, 0.4) is 0 Å². The van der Waals surface area contributed by atoms with E-state index in [1.807, 2.05) is 5.32 Å². The number of alkyl halides is 6. The first-order valence-corrected chi connectivity index (χ1v) is 11.4. The van der Waals surface area contributed by atoms with Crippen molar-refractivity contribution in [1.29, 1.82) is 0 Å². The number of halogens is 7. The highest BCUT2D eigenvalue weighted by Gasteiger charge is 2.69. The van der Waals surface area contributed by atoms with Crippen molar-refractivity contribution in [1.82, 2.24) is 5.32 Å². The molecule has 0 aliphatic heterocycles. The summed E-state index contributed by atoms with van der Waals surface area (Å²) in [5, 5.41) is 12.6. The Bertz CT molecular complexity index is 1370. The van der Waals surface area contributed by atoms with E-state index in [9.17, 15) is 41.0 Å². The Kier molecular flexibility index (Phi) is 7.13. The Morgan fingerprint density at radius 2 is 1.63 bits per heavy atom. The molecule has 0 aromatic heterocycles. The van der Waals surface area contributed by atoms with E-state index in [4.69, 9.17) is 16.3 Å². The second-order valence-corrected chi connectivity index (χ2v) is 9.12. The van der Waals surface area contributed by atoms with Gasteiger partial charge >= 0.3 is 18.5 Å². The van der Waals surface area contributed by atoms with Gasteiger partial charge < -0.3 is 19.9 Å². The minimum Gasteiger partial charge on any atom is -0.487 e. The molecule has 1 aliphatic rings. The van der Waals surface area contributed by atoms with Gasteiger partial charge in [-0.15, -0.1) is 13.2 Å². The lowest BCUT2D eigenvalue weighted by Crippen LogP contribution is -2.52. The minimum atomic E-state index is -4.87. The summed E-state index contributed by atoms with van der Waals surface area (Å²) in [4.78, 5) is 24.8. The zero-order valence-corrected chi connectivity index (χ0v) is 19.9. The van der Waals surface area contributed by atoms with E-state index in [1.165, 1.54) is 30.3 Å². The molecule has 4 rings (SSSR count). The molecule has 0 radical (unpaired) electrons. The van der Waals surface area contributed by atoms with E-state index in [2.05, 4.69) is 4.74 Å². The molecular formula is C25H18ClF6NO5. The van der Waals surface area contributed by atoms with Gasteiger partial charge in [-0.25, -0.2) is 4.79 Å². The third kappa shape index (κ3) is 5.74. The van der Waals surface area contributed by atoms with E-state index < -0.39 is 54.5 Å². The van der Waals surface area contributed by atoms with Crippen LogP contribution in [0.5, 0.6) is 11.5 Å². The molecule has 0 bridgehead atoms. The van der Waals surface area contributed by atoms with Crippen molar-refractivity contribution in [2.45, 2.75) is 38.0 Å². The number of aliphatic carboxylic acids is 1. The smallest absolute Gasteiger partial charge is 0.487 e. The molecule has 38 heavy (non-hydrogen) atoms. The number of hydrogen-bond donors (Lipinski definition) is 2. The van der Waals surface area contributed by atoms with Crippen molar-refractivity contribution in [3.63, 3.8) is 0 Å². The van der Waals surface area contributed by atoms with Crippen molar-refractivity contribution < 1.29 is 50.5 Å². The fraction of sp³-hybridized carbons (Fsp3) is 0.280. The lowest BCUT2D eigenvalue weighted by molar-refractivity contribution is -0.274. The molecule has 1 aliphatic carbocycles. The van der Waals surface area contributed by atoms with E-state index in [0.29, 0.717) is 16.3 Å². The van der Waals surface area contributed by atoms with E-state index in [0.717, 1.165) is 12.1 Å². The molecule has 13 heteroatoms. The van der Waals surface area contributed by atoms with Gasteiger partial charge in [0.2, 0.25) is 0 Å². The SMILES string of the molecule is O=C(N[C@H](C(=O)O)C1(C(F)(F)F)CC1)c1ccc2ccc(Cl)cc2c1OCc1ccc(OC(F)(F)F)cc1. The monoisotopic (exact) mass is 561 g/mol. The maximum atomic E-state index is 13.6. The summed E-state index contributed by atoms with van der Waals surface area (Å²) >= 11 is 6.09. The van der Waals surface area contributed by atoms with Crippen LogP contribution >= 0.6 is 11.6 Å². The van der Waals surface area contributed by atoms with E-state index in [1.54, 1.807) is 12.1 Å². The molecule has 0 heterocycles.